The Balaban J connectivity index is 1.24. The predicted octanol–water partition coefficient (Wildman–Crippen LogP) is 4.22. The molecule has 6 rings (SSSR count). The minimum absolute atomic E-state index is 0.0815. The van der Waals surface area contributed by atoms with Gasteiger partial charge in [0.1, 0.15) is 0 Å². The highest BCUT2D eigenvalue weighted by molar-refractivity contribution is 5.99. The molecule has 0 radical (unpaired) electrons. The Morgan fingerprint density at radius 1 is 1.16 bits per heavy atom. The van der Waals surface area contributed by atoms with Gasteiger partial charge in [-0.3, -0.25) is 4.79 Å². The van der Waals surface area contributed by atoms with Crippen molar-refractivity contribution in [2.24, 2.45) is 28.3 Å². The molecule has 1 heterocycles. The van der Waals surface area contributed by atoms with E-state index in [1.807, 2.05) is 24.4 Å². The molecule has 4 bridgehead atoms. The Morgan fingerprint density at radius 2 is 1.84 bits per heavy atom. The lowest BCUT2D eigenvalue weighted by molar-refractivity contribution is -0.129. The molecular formula is C21H25N3O. The van der Waals surface area contributed by atoms with Gasteiger partial charge in [0.05, 0.1) is 6.21 Å². The van der Waals surface area contributed by atoms with Crippen molar-refractivity contribution < 1.29 is 4.79 Å². The number of hydrogen-bond donors (Lipinski definition) is 2. The lowest BCUT2D eigenvalue weighted by atomic mass is 9.49. The van der Waals surface area contributed by atoms with E-state index in [1.54, 1.807) is 6.21 Å². The lowest BCUT2D eigenvalue weighted by Gasteiger charge is -2.56. The highest BCUT2D eigenvalue weighted by Gasteiger charge is 2.51. The lowest BCUT2D eigenvalue weighted by Crippen LogP contribution is -2.47. The summed E-state index contributed by atoms with van der Waals surface area (Å²) in [5.41, 5.74) is 5.14. The molecule has 2 aromatic rings. The van der Waals surface area contributed by atoms with Crippen LogP contribution in [0.3, 0.4) is 0 Å². The molecule has 2 N–H and O–H groups in total. The number of amides is 1. The quantitative estimate of drug-likeness (QED) is 0.638. The van der Waals surface area contributed by atoms with Crippen LogP contribution in [0.1, 0.15) is 50.5 Å². The SMILES string of the molecule is O=C(CC12CC3CC(CC(C3)C1)C2)N/N=C/c1c[nH]c2ccccc12. The van der Waals surface area contributed by atoms with Crippen LogP contribution in [0.4, 0.5) is 0 Å². The van der Waals surface area contributed by atoms with Crippen LogP contribution in [0, 0.1) is 23.2 Å². The van der Waals surface area contributed by atoms with E-state index in [9.17, 15) is 4.79 Å². The van der Waals surface area contributed by atoms with Gasteiger partial charge in [-0.25, -0.2) is 5.43 Å². The van der Waals surface area contributed by atoms with Crippen LogP contribution in [-0.4, -0.2) is 17.1 Å². The number of rotatable bonds is 4. The molecule has 0 spiro atoms. The minimum Gasteiger partial charge on any atom is -0.361 e. The predicted molar refractivity (Wildman–Crippen MR) is 99.3 cm³/mol. The molecule has 1 amide bonds. The molecule has 4 saturated carbocycles. The third-order valence-corrected chi connectivity index (χ3v) is 6.71. The fourth-order valence-corrected chi connectivity index (χ4v) is 6.26. The van der Waals surface area contributed by atoms with Gasteiger partial charge < -0.3 is 4.98 Å². The Kier molecular flexibility index (Phi) is 3.47. The maximum absolute atomic E-state index is 12.5. The van der Waals surface area contributed by atoms with E-state index in [2.05, 4.69) is 21.6 Å². The van der Waals surface area contributed by atoms with E-state index < -0.39 is 0 Å². The molecule has 4 aliphatic carbocycles. The van der Waals surface area contributed by atoms with Crippen LogP contribution in [0.2, 0.25) is 0 Å². The van der Waals surface area contributed by atoms with Gasteiger partial charge in [0.15, 0.2) is 0 Å². The smallest absolute Gasteiger partial charge is 0.240 e. The second-order valence-corrected chi connectivity index (χ2v) is 8.68. The van der Waals surface area contributed by atoms with E-state index in [4.69, 9.17) is 0 Å². The normalized spacial score (nSPS) is 33.4. The highest BCUT2D eigenvalue weighted by atomic mass is 16.2. The number of carbonyl (C=O) groups excluding carboxylic acids is 1. The zero-order chi connectivity index (χ0) is 16.9. The van der Waals surface area contributed by atoms with Gasteiger partial charge >= 0.3 is 0 Å². The summed E-state index contributed by atoms with van der Waals surface area (Å²) < 4.78 is 0. The van der Waals surface area contributed by atoms with Crippen molar-refractivity contribution in [3.63, 3.8) is 0 Å². The van der Waals surface area contributed by atoms with Crippen molar-refractivity contribution in [2.45, 2.75) is 44.9 Å². The zero-order valence-electron chi connectivity index (χ0n) is 14.5. The summed E-state index contributed by atoms with van der Waals surface area (Å²) >= 11 is 0. The molecule has 0 aliphatic heterocycles. The summed E-state index contributed by atoms with van der Waals surface area (Å²) in [6, 6.07) is 8.12. The monoisotopic (exact) mass is 335 g/mol. The summed E-state index contributed by atoms with van der Waals surface area (Å²) in [5, 5.41) is 5.34. The first-order valence-electron chi connectivity index (χ1n) is 9.57. The van der Waals surface area contributed by atoms with Gasteiger partial charge in [0.25, 0.3) is 0 Å². The van der Waals surface area contributed by atoms with E-state index >= 15 is 0 Å². The van der Waals surface area contributed by atoms with Gasteiger partial charge in [0.2, 0.25) is 5.91 Å². The fraction of sp³-hybridized carbons (Fsp3) is 0.524. The number of para-hydroxylation sites is 1. The minimum atomic E-state index is 0.0815. The first-order valence-corrected chi connectivity index (χ1v) is 9.57. The van der Waals surface area contributed by atoms with Crippen molar-refractivity contribution in [3.05, 3.63) is 36.0 Å². The number of hydrogen-bond acceptors (Lipinski definition) is 2. The van der Waals surface area contributed by atoms with Crippen molar-refractivity contribution in [1.29, 1.82) is 0 Å². The van der Waals surface area contributed by atoms with Crippen molar-refractivity contribution in [2.75, 3.05) is 0 Å². The fourth-order valence-electron chi connectivity index (χ4n) is 6.26. The van der Waals surface area contributed by atoms with E-state index in [-0.39, 0.29) is 11.3 Å². The summed E-state index contributed by atoms with van der Waals surface area (Å²) in [6.07, 6.45) is 12.4. The van der Waals surface area contributed by atoms with E-state index in [1.165, 1.54) is 38.5 Å². The number of nitrogens with one attached hydrogen (secondary N) is 2. The number of fused-ring (bicyclic) bond motifs is 1. The van der Waals surface area contributed by atoms with Crippen LogP contribution < -0.4 is 5.43 Å². The Hall–Kier alpha value is -2.10. The van der Waals surface area contributed by atoms with Crippen LogP contribution in [0.15, 0.2) is 35.6 Å². The molecule has 0 unspecified atom stereocenters. The highest BCUT2D eigenvalue weighted by Crippen LogP contribution is 2.61. The Morgan fingerprint density at radius 3 is 2.56 bits per heavy atom. The van der Waals surface area contributed by atoms with E-state index in [0.29, 0.717) is 6.42 Å². The summed E-state index contributed by atoms with van der Waals surface area (Å²) in [6.45, 7) is 0. The number of nitrogens with zero attached hydrogens (tertiary/aromatic N) is 1. The molecule has 4 heteroatoms. The van der Waals surface area contributed by atoms with Gasteiger partial charge in [-0.1, -0.05) is 18.2 Å². The number of hydrazone groups is 1. The number of H-pyrrole nitrogens is 1. The molecule has 130 valence electrons. The van der Waals surface area contributed by atoms with Crippen LogP contribution in [0.25, 0.3) is 10.9 Å². The summed E-state index contributed by atoms with van der Waals surface area (Å²) in [7, 11) is 0. The van der Waals surface area contributed by atoms with Crippen molar-refractivity contribution in [3.8, 4) is 0 Å². The Bertz CT molecular complexity index is 799. The molecule has 1 aromatic heterocycles. The molecule has 1 aromatic carbocycles. The summed E-state index contributed by atoms with van der Waals surface area (Å²) in [5.74, 6) is 2.73. The van der Waals surface area contributed by atoms with Crippen LogP contribution >= 0.6 is 0 Å². The first-order chi connectivity index (χ1) is 12.2. The standard InChI is InChI=1S/C21H25N3O/c25-20(11-21-8-14-5-15(9-21)7-16(6-14)10-21)24-23-13-17-12-22-19-4-2-1-3-18(17)19/h1-4,12-16,22H,5-11H2,(H,24,25)/b23-13+. The molecule has 0 atom stereocenters. The third-order valence-electron chi connectivity index (χ3n) is 6.71. The van der Waals surface area contributed by atoms with Gasteiger partial charge in [-0.05, 0) is 67.8 Å². The third kappa shape index (κ3) is 2.78. The molecule has 4 aliphatic rings. The van der Waals surface area contributed by atoms with Crippen LogP contribution in [0.5, 0.6) is 0 Å². The maximum Gasteiger partial charge on any atom is 0.240 e. The molecular weight excluding hydrogens is 310 g/mol. The maximum atomic E-state index is 12.5. The van der Waals surface area contributed by atoms with Gasteiger partial charge in [-0.2, -0.15) is 5.10 Å². The zero-order valence-corrected chi connectivity index (χ0v) is 14.5. The van der Waals surface area contributed by atoms with E-state index in [0.717, 1.165) is 34.2 Å². The second-order valence-electron chi connectivity index (χ2n) is 8.68. The Labute approximate surface area is 148 Å². The van der Waals surface area contributed by atoms with Crippen molar-refractivity contribution in [1.82, 2.24) is 10.4 Å². The number of carbonyl (C=O) groups is 1. The summed E-state index contributed by atoms with van der Waals surface area (Å²) in [4.78, 5) is 15.7. The van der Waals surface area contributed by atoms with Gasteiger partial charge in [0, 0.05) is 29.1 Å². The largest absolute Gasteiger partial charge is 0.361 e. The number of aromatic amines is 1. The molecule has 0 saturated heterocycles. The average molecular weight is 335 g/mol. The number of benzene rings is 1. The molecule has 25 heavy (non-hydrogen) atoms. The molecule has 4 nitrogen and oxygen atoms in total. The van der Waals surface area contributed by atoms with Gasteiger partial charge in [-0.15, -0.1) is 0 Å². The average Bonchev–Trinajstić information content (AvgIpc) is 2.96. The van der Waals surface area contributed by atoms with Crippen LogP contribution in [-0.2, 0) is 4.79 Å². The second kappa shape index (κ2) is 5.72. The topological polar surface area (TPSA) is 57.2 Å². The first kappa shape index (κ1) is 15.2. The van der Waals surface area contributed by atoms with Crippen molar-refractivity contribution >= 4 is 23.0 Å². The molecule has 4 fully saturated rings. The number of aromatic nitrogens is 1.